The zero-order valence-corrected chi connectivity index (χ0v) is 13.1. The molecule has 1 saturated carbocycles. The van der Waals surface area contributed by atoms with Gasteiger partial charge in [0.1, 0.15) is 35.9 Å². The van der Waals surface area contributed by atoms with Crippen molar-refractivity contribution < 1.29 is 36.9 Å². The summed E-state index contributed by atoms with van der Waals surface area (Å²) in [5.41, 5.74) is -0.375. The highest BCUT2D eigenvalue weighted by atomic mass is 19.4. The number of carboxylic acid groups (broad SMARTS) is 1. The van der Waals surface area contributed by atoms with Crippen LogP contribution in [0.1, 0.15) is 22.6 Å². The van der Waals surface area contributed by atoms with Crippen LogP contribution in [0.4, 0.5) is 17.6 Å². The summed E-state index contributed by atoms with van der Waals surface area (Å²) >= 11 is 0. The first kappa shape index (κ1) is 16.7. The van der Waals surface area contributed by atoms with Gasteiger partial charge in [0, 0.05) is 17.5 Å². The van der Waals surface area contributed by atoms with Crippen LogP contribution in [0.5, 0.6) is 11.5 Å². The molecule has 26 heavy (non-hydrogen) atoms. The standard InChI is InChI=1S/C18H12F4O4/c19-12-4-1-8(5-11(12)18(20,21)22)7-25-9-2-3-10-13(6-9)26-16-14(10)15(16)17(23)24/h1-6,14-16H,7H2,(H,23,24)/t14-,15-,16-/m1/s1. The van der Waals surface area contributed by atoms with E-state index in [0.717, 1.165) is 11.6 Å². The van der Waals surface area contributed by atoms with Gasteiger partial charge in [-0.1, -0.05) is 12.1 Å². The molecule has 2 aliphatic rings. The van der Waals surface area contributed by atoms with Crippen LogP contribution in [-0.2, 0) is 17.6 Å². The molecular formula is C18H12F4O4. The van der Waals surface area contributed by atoms with Crippen molar-refractivity contribution in [3.8, 4) is 11.5 Å². The number of carboxylic acids is 1. The zero-order chi connectivity index (χ0) is 18.6. The number of rotatable bonds is 4. The van der Waals surface area contributed by atoms with Crippen molar-refractivity contribution >= 4 is 5.97 Å². The van der Waals surface area contributed by atoms with Crippen molar-refractivity contribution in [3.63, 3.8) is 0 Å². The van der Waals surface area contributed by atoms with Gasteiger partial charge in [-0.25, -0.2) is 4.39 Å². The monoisotopic (exact) mass is 368 g/mol. The number of hydrogen-bond acceptors (Lipinski definition) is 3. The summed E-state index contributed by atoms with van der Waals surface area (Å²) in [6.07, 6.45) is -5.15. The first-order valence-electron chi connectivity index (χ1n) is 7.77. The molecule has 2 aromatic carbocycles. The normalized spacial score (nSPS) is 23.0. The van der Waals surface area contributed by atoms with Crippen LogP contribution in [0, 0.1) is 11.7 Å². The third-order valence-corrected chi connectivity index (χ3v) is 4.59. The lowest BCUT2D eigenvalue weighted by Gasteiger charge is -2.12. The average Bonchev–Trinajstić information content (AvgIpc) is 3.16. The van der Waals surface area contributed by atoms with Crippen LogP contribution < -0.4 is 9.47 Å². The minimum absolute atomic E-state index is 0.164. The minimum atomic E-state index is -4.77. The van der Waals surface area contributed by atoms with E-state index in [1.165, 1.54) is 6.07 Å². The predicted octanol–water partition coefficient (Wildman–Crippen LogP) is 3.98. The molecule has 0 saturated heterocycles. The molecule has 1 aliphatic heterocycles. The highest BCUT2D eigenvalue weighted by molar-refractivity contribution is 5.79. The summed E-state index contributed by atoms with van der Waals surface area (Å²) in [5.74, 6) is -2.04. The van der Waals surface area contributed by atoms with Crippen LogP contribution in [0.2, 0.25) is 0 Å². The van der Waals surface area contributed by atoms with Crippen LogP contribution in [-0.4, -0.2) is 17.2 Å². The van der Waals surface area contributed by atoms with Gasteiger partial charge < -0.3 is 14.6 Å². The maximum Gasteiger partial charge on any atom is 0.419 e. The lowest BCUT2D eigenvalue weighted by Crippen LogP contribution is -2.09. The van der Waals surface area contributed by atoms with Crippen LogP contribution in [0.3, 0.4) is 0 Å². The molecule has 8 heteroatoms. The Bertz CT molecular complexity index is 893. The summed E-state index contributed by atoms with van der Waals surface area (Å²) < 4.78 is 62.5. The molecule has 3 atom stereocenters. The fourth-order valence-electron chi connectivity index (χ4n) is 3.27. The second-order valence-electron chi connectivity index (χ2n) is 6.27. The van der Waals surface area contributed by atoms with E-state index in [9.17, 15) is 22.4 Å². The molecule has 1 heterocycles. The van der Waals surface area contributed by atoms with Gasteiger partial charge in [0.15, 0.2) is 0 Å². The molecule has 0 spiro atoms. The van der Waals surface area contributed by atoms with E-state index in [4.69, 9.17) is 14.6 Å². The molecule has 0 aromatic heterocycles. The second-order valence-corrected chi connectivity index (χ2v) is 6.27. The van der Waals surface area contributed by atoms with E-state index in [-0.39, 0.29) is 24.2 Å². The zero-order valence-electron chi connectivity index (χ0n) is 13.1. The molecule has 0 radical (unpaired) electrons. The Morgan fingerprint density at radius 1 is 1.19 bits per heavy atom. The van der Waals surface area contributed by atoms with Gasteiger partial charge in [-0.05, 0) is 23.8 Å². The van der Waals surface area contributed by atoms with Crippen molar-refractivity contribution in [2.24, 2.45) is 5.92 Å². The second kappa shape index (κ2) is 5.62. The topological polar surface area (TPSA) is 55.8 Å². The highest BCUT2D eigenvalue weighted by Gasteiger charge is 2.63. The Morgan fingerprint density at radius 3 is 2.65 bits per heavy atom. The molecule has 4 rings (SSSR count). The Morgan fingerprint density at radius 2 is 1.96 bits per heavy atom. The Labute approximate surface area is 145 Å². The summed E-state index contributed by atoms with van der Waals surface area (Å²) in [7, 11) is 0. The molecule has 1 fully saturated rings. The predicted molar refractivity (Wildman–Crippen MR) is 80.5 cm³/mol. The number of halogens is 4. The minimum Gasteiger partial charge on any atom is -0.489 e. The summed E-state index contributed by atoms with van der Waals surface area (Å²) in [5, 5.41) is 9.04. The lowest BCUT2D eigenvalue weighted by molar-refractivity contribution is -0.140. The number of alkyl halides is 3. The number of fused-ring (bicyclic) bond motifs is 3. The molecule has 1 aliphatic carbocycles. The maximum absolute atomic E-state index is 13.3. The number of aliphatic carboxylic acids is 1. The van der Waals surface area contributed by atoms with E-state index < -0.39 is 29.4 Å². The van der Waals surface area contributed by atoms with Crippen LogP contribution >= 0.6 is 0 Å². The maximum atomic E-state index is 13.3. The van der Waals surface area contributed by atoms with Crippen molar-refractivity contribution in [1.82, 2.24) is 0 Å². The molecular weight excluding hydrogens is 356 g/mol. The number of ether oxygens (including phenoxy) is 2. The molecule has 136 valence electrons. The third-order valence-electron chi connectivity index (χ3n) is 4.59. The smallest absolute Gasteiger partial charge is 0.419 e. The molecule has 0 bridgehead atoms. The molecule has 0 amide bonds. The third kappa shape index (κ3) is 2.75. The van der Waals surface area contributed by atoms with Crippen molar-refractivity contribution in [3.05, 3.63) is 58.9 Å². The van der Waals surface area contributed by atoms with Gasteiger partial charge in [0.05, 0.1) is 5.56 Å². The molecule has 2 aromatic rings. The Hall–Kier alpha value is -2.77. The van der Waals surface area contributed by atoms with Crippen LogP contribution in [0.15, 0.2) is 36.4 Å². The number of benzene rings is 2. The first-order valence-corrected chi connectivity index (χ1v) is 7.77. The van der Waals surface area contributed by atoms with Gasteiger partial charge in [-0.15, -0.1) is 0 Å². The summed E-state index contributed by atoms with van der Waals surface area (Å²) in [6, 6.07) is 7.58. The number of hydrogen-bond donors (Lipinski definition) is 1. The average molecular weight is 368 g/mol. The van der Waals surface area contributed by atoms with Gasteiger partial charge >= 0.3 is 12.1 Å². The van der Waals surface area contributed by atoms with Crippen LogP contribution in [0.25, 0.3) is 0 Å². The Kier molecular flexibility index (Phi) is 3.61. The van der Waals surface area contributed by atoms with E-state index in [1.54, 1.807) is 18.2 Å². The lowest BCUT2D eigenvalue weighted by atomic mass is 10.1. The van der Waals surface area contributed by atoms with Gasteiger partial charge in [0.2, 0.25) is 0 Å². The van der Waals surface area contributed by atoms with Crippen molar-refractivity contribution in [1.29, 1.82) is 0 Å². The van der Waals surface area contributed by atoms with Gasteiger partial charge in [-0.2, -0.15) is 13.2 Å². The van der Waals surface area contributed by atoms with Gasteiger partial charge in [0.25, 0.3) is 0 Å². The molecule has 4 nitrogen and oxygen atoms in total. The first-order chi connectivity index (χ1) is 12.3. The van der Waals surface area contributed by atoms with E-state index in [0.29, 0.717) is 17.6 Å². The fraction of sp³-hybridized carbons (Fsp3) is 0.278. The molecule has 0 unspecified atom stereocenters. The number of carbonyl (C=O) groups is 1. The van der Waals surface area contributed by atoms with E-state index in [2.05, 4.69) is 0 Å². The quantitative estimate of drug-likeness (QED) is 0.830. The van der Waals surface area contributed by atoms with E-state index in [1.807, 2.05) is 0 Å². The summed E-state index contributed by atoms with van der Waals surface area (Å²) in [4.78, 5) is 11.0. The van der Waals surface area contributed by atoms with Crippen molar-refractivity contribution in [2.45, 2.75) is 24.8 Å². The molecule has 1 N–H and O–H groups in total. The Balaban J connectivity index is 1.46. The highest BCUT2D eigenvalue weighted by Crippen LogP contribution is 2.58. The van der Waals surface area contributed by atoms with Crippen molar-refractivity contribution in [2.75, 3.05) is 0 Å². The fourth-order valence-corrected chi connectivity index (χ4v) is 3.27. The van der Waals surface area contributed by atoms with Gasteiger partial charge in [-0.3, -0.25) is 4.79 Å². The summed E-state index contributed by atoms with van der Waals surface area (Å²) in [6.45, 7) is -0.174. The largest absolute Gasteiger partial charge is 0.489 e. The van der Waals surface area contributed by atoms with E-state index >= 15 is 0 Å². The SMILES string of the molecule is O=C(O)[C@H]1[C@@H]2Oc3cc(OCc4ccc(F)c(C(F)(F)F)c4)ccc3[C@@H]21.